The van der Waals surface area contributed by atoms with Crippen LogP contribution in [0.2, 0.25) is 5.02 Å². The molecule has 0 bridgehead atoms. The van der Waals surface area contributed by atoms with Crippen molar-refractivity contribution < 1.29 is 4.79 Å². The summed E-state index contributed by atoms with van der Waals surface area (Å²) in [5.41, 5.74) is 1.81. The minimum absolute atomic E-state index is 0.209. The fraction of sp³-hybridized carbons (Fsp3) is 0.158. The Balaban J connectivity index is 1.72. The van der Waals surface area contributed by atoms with Gasteiger partial charge in [0.25, 0.3) is 0 Å². The second-order valence-electron chi connectivity index (χ2n) is 5.78. The fourth-order valence-corrected chi connectivity index (χ4v) is 3.34. The molecular weight excluding hydrogens is 382 g/mol. The number of nitrogens with zero attached hydrogens (tertiary/aromatic N) is 4. The zero-order valence-corrected chi connectivity index (χ0v) is 16.3. The Bertz CT molecular complexity index is 1010. The van der Waals surface area contributed by atoms with Crippen molar-refractivity contribution in [1.29, 1.82) is 5.26 Å². The molecule has 0 saturated heterocycles. The minimum Gasteiger partial charge on any atom is -0.324 e. The highest BCUT2D eigenvalue weighted by molar-refractivity contribution is 8.00. The summed E-state index contributed by atoms with van der Waals surface area (Å²) in [6, 6.07) is 16.3. The second-order valence-corrected chi connectivity index (χ2v) is 7.52. The van der Waals surface area contributed by atoms with Crippen LogP contribution in [0.1, 0.15) is 12.5 Å². The van der Waals surface area contributed by atoms with Gasteiger partial charge in [-0.1, -0.05) is 35.5 Å². The summed E-state index contributed by atoms with van der Waals surface area (Å²) < 4.78 is 1.83. The molecule has 0 fully saturated rings. The minimum atomic E-state index is -0.419. The van der Waals surface area contributed by atoms with Crippen LogP contribution in [0.15, 0.2) is 53.7 Å². The number of carbonyl (C=O) groups is 1. The predicted molar refractivity (Wildman–Crippen MR) is 107 cm³/mol. The van der Waals surface area contributed by atoms with Gasteiger partial charge in [0.2, 0.25) is 5.91 Å². The van der Waals surface area contributed by atoms with E-state index in [0.29, 0.717) is 27.3 Å². The summed E-state index contributed by atoms with van der Waals surface area (Å²) in [4.78, 5) is 12.5. The second kappa shape index (κ2) is 8.25. The molecule has 27 heavy (non-hydrogen) atoms. The summed E-state index contributed by atoms with van der Waals surface area (Å²) in [5, 5.41) is 21.2. The molecule has 8 heteroatoms. The van der Waals surface area contributed by atoms with E-state index in [4.69, 9.17) is 16.9 Å². The number of carbonyl (C=O) groups excluding carboxylic acids is 1. The molecule has 0 saturated carbocycles. The molecule has 6 nitrogen and oxygen atoms in total. The third-order valence-corrected chi connectivity index (χ3v) is 5.28. The van der Waals surface area contributed by atoms with Gasteiger partial charge < -0.3 is 9.88 Å². The first-order valence-electron chi connectivity index (χ1n) is 8.11. The van der Waals surface area contributed by atoms with Crippen LogP contribution in [0, 0.1) is 11.3 Å². The number of anilines is 1. The largest absolute Gasteiger partial charge is 0.324 e. The Morgan fingerprint density at radius 3 is 2.63 bits per heavy atom. The molecule has 1 amide bonds. The van der Waals surface area contributed by atoms with E-state index in [1.54, 1.807) is 43.3 Å². The first-order valence-corrected chi connectivity index (χ1v) is 9.37. The molecule has 0 spiro atoms. The van der Waals surface area contributed by atoms with Gasteiger partial charge in [0.15, 0.2) is 11.0 Å². The number of nitriles is 1. The Morgan fingerprint density at radius 2 is 1.93 bits per heavy atom. The summed E-state index contributed by atoms with van der Waals surface area (Å²) in [6.45, 7) is 1.78. The van der Waals surface area contributed by atoms with Crippen molar-refractivity contribution in [3.8, 4) is 17.5 Å². The molecular formula is C19H16ClN5OS. The van der Waals surface area contributed by atoms with Crippen molar-refractivity contribution in [3.63, 3.8) is 0 Å². The van der Waals surface area contributed by atoms with Gasteiger partial charge in [-0.05, 0) is 43.3 Å². The van der Waals surface area contributed by atoms with E-state index in [2.05, 4.69) is 21.6 Å². The van der Waals surface area contributed by atoms with Gasteiger partial charge in [0, 0.05) is 17.6 Å². The predicted octanol–water partition coefficient (Wildman–Crippen LogP) is 4.13. The van der Waals surface area contributed by atoms with Crippen LogP contribution in [0.4, 0.5) is 5.69 Å². The maximum absolute atomic E-state index is 12.5. The van der Waals surface area contributed by atoms with Gasteiger partial charge in [-0.25, -0.2) is 0 Å². The molecule has 1 aromatic heterocycles. The average Bonchev–Trinajstić information content (AvgIpc) is 3.03. The fourth-order valence-electron chi connectivity index (χ4n) is 2.40. The summed E-state index contributed by atoms with van der Waals surface area (Å²) >= 11 is 7.22. The molecule has 0 aliphatic heterocycles. The average molecular weight is 398 g/mol. The quantitative estimate of drug-likeness (QED) is 0.654. The van der Waals surface area contributed by atoms with Crippen molar-refractivity contribution in [3.05, 3.63) is 59.1 Å². The van der Waals surface area contributed by atoms with Crippen LogP contribution in [0.5, 0.6) is 0 Å². The molecule has 0 aliphatic carbocycles. The number of benzene rings is 2. The van der Waals surface area contributed by atoms with Gasteiger partial charge in [-0.3, -0.25) is 4.79 Å². The zero-order valence-electron chi connectivity index (χ0n) is 14.7. The number of para-hydroxylation sites is 1. The SMILES string of the molecule is C[C@@H](Sc1nnc(-c2ccc(Cl)cc2)n1C)C(=O)Nc1ccccc1C#N. The lowest BCUT2D eigenvalue weighted by Gasteiger charge is -2.12. The number of hydrogen-bond acceptors (Lipinski definition) is 5. The Labute approximate surface area is 166 Å². The van der Waals surface area contributed by atoms with Gasteiger partial charge in [0.1, 0.15) is 6.07 Å². The first-order chi connectivity index (χ1) is 13.0. The lowest BCUT2D eigenvalue weighted by molar-refractivity contribution is -0.115. The Hall–Kier alpha value is -2.82. The van der Waals surface area contributed by atoms with E-state index in [0.717, 1.165) is 5.56 Å². The third-order valence-electron chi connectivity index (χ3n) is 3.89. The Kier molecular flexibility index (Phi) is 5.79. The highest BCUT2D eigenvalue weighted by atomic mass is 35.5. The number of rotatable bonds is 5. The van der Waals surface area contributed by atoms with Gasteiger partial charge in [-0.15, -0.1) is 10.2 Å². The molecule has 1 N–H and O–H groups in total. The van der Waals surface area contributed by atoms with Gasteiger partial charge >= 0.3 is 0 Å². The molecule has 0 radical (unpaired) electrons. The molecule has 3 aromatic rings. The van der Waals surface area contributed by atoms with Crippen LogP contribution in [0.3, 0.4) is 0 Å². The molecule has 0 unspecified atom stereocenters. The van der Waals surface area contributed by atoms with E-state index in [9.17, 15) is 4.79 Å². The standard InChI is InChI=1S/C19H16ClN5OS/c1-12(18(26)22-16-6-4-3-5-14(16)11-21)27-19-24-23-17(25(19)2)13-7-9-15(20)10-8-13/h3-10,12H,1-2H3,(H,22,26)/t12-/m1/s1. The molecule has 2 aromatic carbocycles. The highest BCUT2D eigenvalue weighted by Crippen LogP contribution is 2.27. The van der Waals surface area contributed by atoms with Gasteiger partial charge in [-0.2, -0.15) is 5.26 Å². The van der Waals surface area contributed by atoms with Crippen molar-refractivity contribution in [1.82, 2.24) is 14.8 Å². The number of amides is 1. The summed E-state index contributed by atoms with van der Waals surface area (Å²) in [7, 11) is 1.85. The number of halogens is 1. The van der Waals surface area contributed by atoms with E-state index in [-0.39, 0.29) is 5.91 Å². The Morgan fingerprint density at radius 1 is 1.22 bits per heavy atom. The number of nitrogens with one attached hydrogen (secondary N) is 1. The topological polar surface area (TPSA) is 83.6 Å². The lowest BCUT2D eigenvalue weighted by Crippen LogP contribution is -2.23. The summed E-state index contributed by atoms with van der Waals surface area (Å²) in [5.74, 6) is 0.482. The lowest BCUT2D eigenvalue weighted by atomic mass is 10.2. The number of hydrogen-bond donors (Lipinski definition) is 1. The van der Waals surface area contributed by atoms with Crippen LogP contribution in [-0.4, -0.2) is 25.9 Å². The molecule has 1 heterocycles. The van der Waals surface area contributed by atoms with E-state index in [1.165, 1.54) is 11.8 Å². The molecule has 3 rings (SSSR count). The monoisotopic (exact) mass is 397 g/mol. The summed E-state index contributed by atoms with van der Waals surface area (Å²) in [6.07, 6.45) is 0. The van der Waals surface area contributed by atoms with E-state index in [1.807, 2.05) is 23.7 Å². The van der Waals surface area contributed by atoms with Crippen LogP contribution >= 0.6 is 23.4 Å². The normalized spacial score (nSPS) is 11.6. The van der Waals surface area contributed by atoms with Crippen molar-refractivity contribution in [2.24, 2.45) is 7.05 Å². The van der Waals surface area contributed by atoms with Crippen molar-refractivity contribution in [2.45, 2.75) is 17.3 Å². The zero-order chi connectivity index (χ0) is 19.4. The number of aromatic nitrogens is 3. The smallest absolute Gasteiger partial charge is 0.237 e. The third kappa shape index (κ3) is 4.30. The number of thioether (sulfide) groups is 1. The molecule has 0 aliphatic rings. The van der Waals surface area contributed by atoms with Crippen LogP contribution < -0.4 is 5.32 Å². The first kappa shape index (κ1) is 19.0. The molecule has 136 valence electrons. The van der Waals surface area contributed by atoms with Crippen molar-refractivity contribution in [2.75, 3.05) is 5.32 Å². The van der Waals surface area contributed by atoms with Crippen LogP contribution in [-0.2, 0) is 11.8 Å². The van der Waals surface area contributed by atoms with E-state index >= 15 is 0 Å². The maximum Gasteiger partial charge on any atom is 0.237 e. The maximum atomic E-state index is 12.5. The highest BCUT2D eigenvalue weighted by Gasteiger charge is 2.20. The van der Waals surface area contributed by atoms with E-state index < -0.39 is 5.25 Å². The van der Waals surface area contributed by atoms with Gasteiger partial charge in [0.05, 0.1) is 16.5 Å². The van der Waals surface area contributed by atoms with Crippen LogP contribution in [0.25, 0.3) is 11.4 Å². The molecule has 1 atom stereocenters. The van der Waals surface area contributed by atoms with Crippen molar-refractivity contribution >= 4 is 35.0 Å².